The predicted molar refractivity (Wildman–Crippen MR) is 106 cm³/mol. The molecule has 0 unspecified atom stereocenters. The molecule has 0 bridgehead atoms. The zero-order chi connectivity index (χ0) is 19.3. The number of nitrogens with two attached hydrogens (primary N) is 1. The third-order valence-electron chi connectivity index (χ3n) is 5.35. The van der Waals surface area contributed by atoms with Crippen LogP contribution >= 0.6 is 0 Å². The quantitative estimate of drug-likeness (QED) is 0.530. The van der Waals surface area contributed by atoms with Crippen LogP contribution in [0.2, 0.25) is 0 Å². The molecule has 1 atom stereocenters. The fourth-order valence-electron chi connectivity index (χ4n) is 3.99. The van der Waals surface area contributed by atoms with Gasteiger partial charge in [-0.25, -0.2) is 9.37 Å². The van der Waals surface area contributed by atoms with Crippen molar-refractivity contribution >= 4 is 22.6 Å². The van der Waals surface area contributed by atoms with Crippen LogP contribution in [0.15, 0.2) is 65.1 Å². The molecule has 4 nitrogen and oxygen atoms in total. The van der Waals surface area contributed by atoms with Gasteiger partial charge in [0.25, 0.3) is 0 Å². The molecule has 0 spiro atoms. The van der Waals surface area contributed by atoms with Crippen molar-refractivity contribution < 1.29 is 13.6 Å². The van der Waals surface area contributed by atoms with Crippen LogP contribution in [0, 0.1) is 5.82 Å². The molecule has 1 aliphatic carbocycles. The standard InChI is InChI=1S/C23H17FN2O2/c24-17-9-5-4-8-15(17)14-10-18-21(19(27)11-14)22(25)16-12-20(28-23(16)26-18)13-6-2-1-3-7-13/h1-9,12,14H,10-11H2,(H2,25,26)/t14-/m1/s1. The Bertz CT molecular complexity index is 1210. The first-order chi connectivity index (χ1) is 13.6. The summed E-state index contributed by atoms with van der Waals surface area (Å²) in [7, 11) is 0. The first kappa shape index (κ1) is 16.7. The number of anilines is 1. The second-order valence-electron chi connectivity index (χ2n) is 7.09. The number of aromatic nitrogens is 1. The Kier molecular flexibility index (Phi) is 3.76. The maximum atomic E-state index is 14.2. The van der Waals surface area contributed by atoms with E-state index in [9.17, 15) is 9.18 Å². The molecule has 2 aromatic heterocycles. The monoisotopic (exact) mass is 372 g/mol. The van der Waals surface area contributed by atoms with Crippen LogP contribution in [0.5, 0.6) is 0 Å². The van der Waals surface area contributed by atoms with E-state index in [-0.39, 0.29) is 23.9 Å². The average Bonchev–Trinajstić information content (AvgIpc) is 3.13. The van der Waals surface area contributed by atoms with Gasteiger partial charge in [-0.3, -0.25) is 4.79 Å². The zero-order valence-electron chi connectivity index (χ0n) is 15.0. The van der Waals surface area contributed by atoms with Crippen LogP contribution in [-0.2, 0) is 6.42 Å². The number of fused-ring (bicyclic) bond motifs is 2. The first-order valence-corrected chi connectivity index (χ1v) is 9.16. The number of halogens is 1. The molecule has 0 saturated carbocycles. The number of ketones is 1. The van der Waals surface area contributed by atoms with Crippen molar-refractivity contribution in [2.24, 2.45) is 0 Å². The highest BCUT2D eigenvalue weighted by molar-refractivity contribution is 6.09. The summed E-state index contributed by atoms with van der Waals surface area (Å²) in [5.41, 5.74) is 9.59. The van der Waals surface area contributed by atoms with Gasteiger partial charge in [0.2, 0.25) is 5.71 Å². The number of furan rings is 1. The zero-order valence-corrected chi connectivity index (χ0v) is 15.0. The van der Waals surface area contributed by atoms with Crippen LogP contribution in [0.25, 0.3) is 22.4 Å². The van der Waals surface area contributed by atoms with E-state index in [1.807, 2.05) is 36.4 Å². The summed E-state index contributed by atoms with van der Waals surface area (Å²) in [5.74, 6) is -0.0182. The van der Waals surface area contributed by atoms with Gasteiger partial charge in [-0.05, 0) is 30.0 Å². The molecule has 28 heavy (non-hydrogen) atoms. The van der Waals surface area contributed by atoms with Crippen molar-refractivity contribution in [1.29, 1.82) is 0 Å². The molecule has 0 saturated heterocycles. The number of pyridine rings is 1. The lowest BCUT2D eigenvalue weighted by atomic mass is 9.80. The van der Waals surface area contributed by atoms with Crippen LogP contribution < -0.4 is 5.73 Å². The summed E-state index contributed by atoms with van der Waals surface area (Å²) in [5, 5.41) is 0.635. The van der Waals surface area contributed by atoms with Gasteiger partial charge in [0.05, 0.1) is 22.3 Å². The second-order valence-corrected chi connectivity index (χ2v) is 7.09. The van der Waals surface area contributed by atoms with Crippen LogP contribution in [-0.4, -0.2) is 10.8 Å². The van der Waals surface area contributed by atoms with Gasteiger partial charge < -0.3 is 10.2 Å². The molecule has 5 rings (SSSR count). The van der Waals surface area contributed by atoms with Crippen molar-refractivity contribution in [2.45, 2.75) is 18.8 Å². The molecular weight excluding hydrogens is 355 g/mol. The van der Waals surface area contributed by atoms with Gasteiger partial charge in [-0.1, -0.05) is 48.5 Å². The number of nitrogen functional groups attached to an aromatic ring is 1. The Hall–Kier alpha value is -3.47. The van der Waals surface area contributed by atoms with E-state index in [2.05, 4.69) is 4.98 Å². The largest absolute Gasteiger partial charge is 0.438 e. The molecule has 0 amide bonds. The summed E-state index contributed by atoms with van der Waals surface area (Å²) in [6.07, 6.45) is 0.665. The van der Waals surface area contributed by atoms with E-state index in [4.69, 9.17) is 10.2 Å². The Balaban J connectivity index is 1.62. The summed E-state index contributed by atoms with van der Waals surface area (Å²) < 4.78 is 20.2. The Morgan fingerprint density at radius 3 is 2.57 bits per heavy atom. The number of hydrogen-bond donors (Lipinski definition) is 1. The predicted octanol–water partition coefficient (Wildman–Crippen LogP) is 5.13. The van der Waals surface area contributed by atoms with Crippen molar-refractivity contribution in [3.63, 3.8) is 0 Å². The lowest BCUT2D eigenvalue weighted by Gasteiger charge is -2.24. The second kappa shape index (κ2) is 6.30. The summed E-state index contributed by atoms with van der Waals surface area (Å²) >= 11 is 0. The highest BCUT2D eigenvalue weighted by Crippen LogP contribution is 2.39. The fraction of sp³-hybridized carbons (Fsp3) is 0.130. The van der Waals surface area contributed by atoms with Crippen molar-refractivity contribution in [1.82, 2.24) is 4.98 Å². The molecule has 0 aliphatic heterocycles. The minimum atomic E-state index is -0.304. The minimum Gasteiger partial charge on any atom is -0.438 e. The van der Waals surface area contributed by atoms with E-state index < -0.39 is 0 Å². The Morgan fingerprint density at radius 1 is 1.04 bits per heavy atom. The van der Waals surface area contributed by atoms with E-state index in [1.54, 1.807) is 18.2 Å². The van der Waals surface area contributed by atoms with E-state index in [1.165, 1.54) is 6.07 Å². The SMILES string of the molecule is Nc1c2c(nc3oc(-c4ccccc4)cc13)C[C@@H](c1ccccc1F)CC2=O. The number of carbonyl (C=O) groups excluding carboxylic acids is 1. The number of benzene rings is 2. The van der Waals surface area contributed by atoms with Gasteiger partial charge in [-0.15, -0.1) is 0 Å². The summed E-state index contributed by atoms with van der Waals surface area (Å²) in [6, 6.07) is 18.0. The molecule has 1 aliphatic rings. The topological polar surface area (TPSA) is 69.1 Å². The number of carbonyl (C=O) groups is 1. The molecule has 2 N–H and O–H groups in total. The Morgan fingerprint density at radius 2 is 1.79 bits per heavy atom. The normalized spacial score (nSPS) is 16.3. The number of nitrogens with zero attached hydrogens (tertiary/aromatic N) is 1. The van der Waals surface area contributed by atoms with Crippen molar-refractivity contribution in [3.8, 4) is 11.3 Å². The van der Waals surface area contributed by atoms with Crippen molar-refractivity contribution in [2.75, 3.05) is 5.73 Å². The van der Waals surface area contributed by atoms with Crippen LogP contribution in [0.4, 0.5) is 10.1 Å². The van der Waals surface area contributed by atoms with Crippen LogP contribution in [0.1, 0.15) is 34.0 Å². The number of hydrogen-bond acceptors (Lipinski definition) is 4. The molecule has 0 radical (unpaired) electrons. The summed E-state index contributed by atoms with van der Waals surface area (Å²) in [4.78, 5) is 17.4. The van der Waals surface area contributed by atoms with Crippen LogP contribution in [0.3, 0.4) is 0 Å². The molecular formula is C23H17FN2O2. The van der Waals surface area contributed by atoms with Gasteiger partial charge in [0.15, 0.2) is 5.78 Å². The third-order valence-corrected chi connectivity index (χ3v) is 5.35. The number of rotatable bonds is 2. The Labute approximate surface area is 160 Å². The highest BCUT2D eigenvalue weighted by atomic mass is 19.1. The molecule has 2 heterocycles. The van der Waals surface area contributed by atoms with Crippen molar-refractivity contribution in [3.05, 3.63) is 83.3 Å². The van der Waals surface area contributed by atoms with E-state index in [0.717, 1.165) is 5.56 Å². The minimum absolute atomic E-state index is 0.108. The van der Waals surface area contributed by atoms with Gasteiger partial charge in [0, 0.05) is 12.0 Å². The molecule has 5 heteroatoms. The average molecular weight is 372 g/mol. The molecule has 4 aromatic rings. The lowest BCUT2D eigenvalue weighted by Crippen LogP contribution is -2.22. The lowest BCUT2D eigenvalue weighted by molar-refractivity contribution is 0.0964. The maximum absolute atomic E-state index is 14.2. The van der Waals surface area contributed by atoms with E-state index in [0.29, 0.717) is 45.8 Å². The third kappa shape index (κ3) is 2.59. The molecule has 0 fully saturated rings. The fourth-order valence-corrected chi connectivity index (χ4v) is 3.99. The molecule has 2 aromatic carbocycles. The van der Waals surface area contributed by atoms with E-state index >= 15 is 0 Å². The first-order valence-electron chi connectivity index (χ1n) is 9.16. The maximum Gasteiger partial charge on any atom is 0.229 e. The van der Waals surface area contributed by atoms with Gasteiger partial charge in [-0.2, -0.15) is 0 Å². The molecule has 138 valence electrons. The summed E-state index contributed by atoms with van der Waals surface area (Å²) in [6.45, 7) is 0. The van der Waals surface area contributed by atoms with Gasteiger partial charge in [0.1, 0.15) is 11.6 Å². The van der Waals surface area contributed by atoms with Gasteiger partial charge >= 0.3 is 0 Å². The highest BCUT2D eigenvalue weighted by Gasteiger charge is 2.32. The smallest absolute Gasteiger partial charge is 0.229 e. The number of Topliss-reactive ketones (excluding diaryl/α,β-unsaturated/α-hetero) is 1.